The van der Waals surface area contributed by atoms with Crippen LogP contribution in [0.3, 0.4) is 0 Å². The number of amides is 2. The van der Waals surface area contributed by atoms with Crippen LogP contribution in [0.15, 0.2) is 0 Å². The second kappa shape index (κ2) is 6.15. The third-order valence-electron chi connectivity index (χ3n) is 3.43. The van der Waals surface area contributed by atoms with Crippen molar-refractivity contribution in [1.82, 2.24) is 15.1 Å². The standard InChI is InChI=1S/C12H21N3O3/c1-2-18-7-3-5-14-9-10-8-13-4-6-15(10)12(17)11(14)16/h10,13H,2-9H2,1H3. The fourth-order valence-electron chi connectivity index (χ4n) is 2.48. The normalized spacial score (nSPS) is 24.4. The van der Waals surface area contributed by atoms with Crippen LogP contribution in [-0.2, 0) is 14.3 Å². The zero-order chi connectivity index (χ0) is 13.0. The summed E-state index contributed by atoms with van der Waals surface area (Å²) < 4.78 is 5.25. The number of nitrogens with zero attached hydrogens (tertiary/aromatic N) is 2. The number of rotatable bonds is 5. The molecule has 1 unspecified atom stereocenters. The lowest BCUT2D eigenvalue weighted by molar-refractivity contribution is -0.159. The van der Waals surface area contributed by atoms with Crippen LogP contribution in [0.4, 0.5) is 0 Å². The first-order valence-corrected chi connectivity index (χ1v) is 6.62. The fraction of sp³-hybridized carbons (Fsp3) is 0.833. The van der Waals surface area contributed by atoms with Crippen LogP contribution in [0.25, 0.3) is 0 Å². The molecule has 2 aliphatic heterocycles. The molecule has 0 aromatic heterocycles. The van der Waals surface area contributed by atoms with Crippen molar-refractivity contribution in [3.63, 3.8) is 0 Å². The van der Waals surface area contributed by atoms with Crippen molar-refractivity contribution in [2.75, 3.05) is 45.9 Å². The maximum absolute atomic E-state index is 11.9. The number of carbonyl (C=O) groups is 2. The SMILES string of the molecule is CCOCCCN1CC2CNCCN2C(=O)C1=O. The lowest BCUT2D eigenvalue weighted by Gasteiger charge is -2.43. The number of carbonyl (C=O) groups excluding carboxylic acids is 2. The molecule has 0 saturated carbocycles. The molecule has 0 aromatic carbocycles. The Balaban J connectivity index is 1.88. The molecule has 6 nitrogen and oxygen atoms in total. The van der Waals surface area contributed by atoms with E-state index in [4.69, 9.17) is 4.74 Å². The smallest absolute Gasteiger partial charge is 0.312 e. The number of ether oxygens (including phenoxy) is 1. The van der Waals surface area contributed by atoms with Gasteiger partial charge in [-0.15, -0.1) is 0 Å². The van der Waals surface area contributed by atoms with Crippen LogP contribution in [-0.4, -0.2) is 73.6 Å². The van der Waals surface area contributed by atoms with Gasteiger partial charge in [0.2, 0.25) is 0 Å². The Morgan fingerprint density at radius 2 is 2.22 bits per heavy atom. The third kappa shape index (κ3) is 2.81. The maximum Gasteiger partial charge on any atom is 0.312 e. The molecule has 2 aliphatic rings. The van der Waals surface area contributed by atoms with E-state index in [0.717, 1.165) is 19.5 Å². The predicted octanol–water partition coefficient (Wildman–Crippen LogP) is -0.944. The van der Waals surface area contributed by atoms with E-state index in [9.17, 15) is 9.59 Å². The van der Waals surface area contributed by atoms with E-state index in [1.54, 1.807) is 9.80 Å². The van der Waals surface area contributed by atoms with E-state index < -0.39 is 0 Å². The molecule has 1 N–H and O–H groups in total. The maximum atomic E-state index is 11.9. The second-order valence-electron chi connectivity index (χ2n) is 4.66. The molecule has 6 heteroatoms. The van der Waals surface area contributed by atoms with Gasteiger partial charge in [0, 0.05) is 45.9 Å². The van der Waals surface area contributed by atoms with Crippen LogP contribution in [0, 0.1) is 0 Å². The van der Waals surface area contributed by atoms with Gasteiger partial charge in [-0.25, -0.2) is 0 Å². The van der Waals surface area contributed by atoms with E-state index in [-0.39, 0.29) is 17.9 Å². The molecule has 0 spiro atoms. The summed E-state index contributed by atoms with van der Waals surface area (Å²) in [5.74, 6) is -0.700. The van der Waals surface area contributed by atoms with Crippen LogP contribution in [0.2, 0.25) is 0 Å². The van der Waals surface area contributed by atoms with Crippen molar-refractivity contribution >= 4 is 11.8 Å². The third-order valence-corrected chi connectivity index (χ3v) is 3.43. The summed E-state index contributed by atoms with van der Waals surface area (Å²) in [6.45, 7) is 6.72. The molecular formula is C12H21N3O3. The summed E-state index contributed by atoms with van der Waals surface area (Å²) in [5.41, 5.74) is 0. The predicted molar refractivity (Wildman–Crippen MR) is 66.1 cm³/mol. The highest BCUT2D eigenvalue weighted by Gasteiger charge is 2.39. The van der Waals surface area contributed by atoms with Gasteiger partial charge in [0.25, 0.3) is 0 Å². The molecule has 2 rings (SSSR count). The van der Waals surface area contributed by atoms with Crippen LogP contribution in [0.5, 0.6) is 0 Å². The molecule has 2 saturated heterocycles. The highest BCUT2D eigenvalue weighted by molar-refractivity contribution is 6.35. The molecular weight excluding hydrogens is 234 g/mol. The highest BCUT2D eigenvalue weighted by Crippen LogP contribution is 2.14. The van der Waals surface area contributed by atoms with Gasteiger partial charge in [0.15, 0.2) is 0 Å². The molecule has 0 aliphatic carbocycles. The van der Waals surface area contributed by atoms with Gasteiger partial charge in [-0.1, -0.05) is 0 Å². The van der Waals surface area contributed by atoms with Crippen LogP contribution < -0.4 is 5.32 Å². The van der Waals surface area contributed by atoms with Crippen LogP contribution in [0.1, 0.15) is 13.3 Å². The van der Waals surface area contributed by atoms with E-state index >= 15 is 0 Å². The number of piperazine rings is 2. The second-order valence-corrected chi connectivity index (χ2v) is 4.66. The Morgan fingerprint density at radius 1 is 1.39 bits per heavy atom. The molecule has 0 aromatic rings. The summed E-state index contributed by atoms with van der Waals surface area (Å²) in [6.07, 6.45) is 0.785. The molecule has 2 heterocycles. The largest absolute Gasteiger partial charge is 0.382 e. The van der Waals surface area contributed by atoms with Gasteiger partial charge in [-0.3, -0.25) is 9.59 Å². The molecule has 18 heavy (non-hydrogen) atoms. The minimum Gasteiger partial charge on any atom is -0.382 e. The lowest BCUT2D eigenvalue weighted by Crippen LogP contribution is -2.65. The van der Waals surface area contributed by atoms with E-state index in [1.807, 2.05) is 6.92 Å². The molecule has 2 fully saturated rings. The van der Waals surface area contributed by atoms with Gasteiger partial charge >= 0.3 is 11.8 Å². The van der Waals surface area contributed by atoms with Crippen molar-refractivity contribution in [2.45, 2.75) is 19.4 Å². The van der Waals surface area contributed by atoms with Crippen LogP contribution >= 0.6 is 0 Å². The van der Waals surface area contributed by atoms with Gasteiger partial charge < -0.3 is 19.9 Å². The van der Waals surface area contributed by atoms with E-state index in [0.29, 0.717) is 32.8 Å². The minimum absolute atomic E-state index is 0.135. The number of nitrogens with one attached hydrogen (secondary N) is 1. The molecule has 2 amide bonds. The summed E-state index contributed by atoms with van der Waals surface area (Å²) in [5, 5.41) is 3.26. The van der Waals surface area contributed by atoms with Gasteiger partial charge in [0.1, 0.15) is 0 Å². The van der Waals surface area contributed by atoms with Gasteiger partial charge in [-0.2, -0.15) is 0 Å². The number of fused-ring (bicyclic) bond motifs is 1. The quantitative estimate of drug-likeness (QED) is 0.508. The van der Waals surface area contributed by atoms with Gasteiger partial charge in [-0.05, 0) is 13.3 Å². The Bertz CT molecular complexity index is 322. The number of hydrogen-bond acceptors (Lipinski definition) is 4. The Hall–Kier alpha value is -1.14. The average Bonchev–Trinajstić information content (AvgIpc) is 2.40. The van der Waals surface area contributed by atoms with E-state index in [1.165, 1.54) is 0 Å². The highest BCUT2D eigenvalue weighted by atomic mass is 16.5. The molecule has 0 radical (unpaired) electrons. The first-order valence-electron chi connectivity index (χ1n) is 6.62. The van der Waals surface area contributed by atoms with Crippen molar-refractivity contribution in [2.24, 2.45) is 0 Å². The Morgan fingerprint density at radius 3 is 3.00 bits per heavy atom. The van der Waals surface area contributed by atoms with Crippen molar-refractivity contribution < 1.29 is 14.3 Å². The summed E-state index contributed by atoms with van der Waals surface area (Å²) in [4.78, 5) is 27.2. The van der Waals surface area contributed by atoms with Crippen molar-refractivity contribution in [3.05, 3.63) is 0 Å². The topological polar surface area (TPSA) is 61.9 Å². The first-order chi connectivity index (χ1) is 8.74. The zero-order valence-electron chi connectivity index (χ0n) is 10.9. The number of hydrogen-bond donors (Lipinski definition) is 1. The van der Waals surface area contributed by atoms with E-state index in [2.05, 4.69) is 5.32 Å². The summed E-state index contributed by atoms with van der Waals surface area (Å²) in [6, 6.07) is 0.135. The first kappa shape index (κ1) is 13.3. The summed E-state index contributed by atoms with van der Waals surface area (Å²) in [7, 11) is 0. The lowest BCUT2D eigenvalue weighted by atomic mass is 10.1. The van der Waals surface area contributed by atoms with Gasteiger partial charge in [0.05, 0.1) is 6.04 Å². The summed E-state index contributed by atoms with van der Waals surface area (Å²) >= 11 is 0. The fourth-order valence-corrected chi connectivity index (χ4v) is 2.48. The monoisotopic (exact) mass is 255 g/mol. The molecule has 1 atom stereocenters. The Kier molecular flexibility index (Phi) is 4.54. The Labute approximate surface area is 107 Å². The molecule has 102 valence electrons. The minimum atomic E-state index is -0.357. The van der Waals surface area contributed by atoms with Crippen molar-refractivity contribution in [3.8, 4) is 0 Å². The zero-order valence-corrected chi connectivity index (χ0v) is 10.9. The molecule has 0 bridgehead atoms. The van der Waals surface area contributed by atoms with Crippen molar-refractivity contribution in [1.29, 1.82) is 0 Å². The average molecular weight is 255 g/mol.